The SMILES string of the molecule is O=C1C(Cc2c[nH]cn2)CCC2N=CC=CC12. The third-order valence-corrected chi connectivity index (χ3v) is 3.65. The van der Waals surface area contributed by atoms with Crippen molar-refractivity contribution in [3.8, 4) is 0 Å². The molecule has 2 aliphatic rings. The van der Waals surface area contributed by atoms with E-state index >= 15 is 0 Å². The highest BCUT2D eigenvalue weighted by molar-refractivity contribution is 5.89. The van der Waals surface area contributed by atoms with Gasteiger partial charge >= 0.3 is 0 Å². The number of imidazole rings is 1. The van der Waals surface area contributed by atoms with Crippen molar-refractivity contribution in [1.29, 1.82) is 0 Å². The molecule has 0 spiro atoms. The van der Waals surface area contributed by atoms with E-state index in [9.17, 15) is 4.79 Å². The number of allylic oxidation sites excluding steroid dienone is 1. The molecule has 0 radical (unpaired) electrons. The summed E-state index contributed by atoms with van der Waals surface area (Å²) in [5.74, 6) is 0.438. The van der Waals surface area contributed by atoms with Crippen LogP contribution in [0.2, 0.25) is 0 Å². The van der Waals surface area contributed by atoms with Crippen molar-refractivity contribution < 1.29 is 4.79 Å². The van der Waals surface area contributed by atoms with E-state index < -0.39 is 0 Å². The van der Waals surface area contributed by atoms with Crippen molar-refractivity contribution in [3.05, 3.63) is 30.4 Å². The first kappa shape index (κ1) is 10.4. The number of fused-ring (bicyclic) bond motifs is 1. The smallest absolute Gasteiger partial charge is 0.145 e. The van der Waals surface area contributed by atoms with Crippen LogP contribution in [-0.4, -0.2) is 28.0 Å². The van der Waals surface area contributed by atoms with Crippen LogP contribution in [0, 0.1) is 11.8 Å². The van der Waals surface area contributed by atoms with Crippen LogP contribution in [0.25, 0.3) is 0 Å². The second kappa shape index (κ2) is 4.28. The highest BCUT2D eigenvalue weighted by Crippen LogP contribution is 2.32. The number of rotatable bonds is 2. The number of ketones is 1. The number of Topliss-reactive ketones (excluding diaryl/α,β-unsaturated/α-hetero) is 1. The topological polar surface area (TPSA) is 58.1 Å². The molecule has 1 N–H and O–H groups in total. The molecule has 3 rings (SSSR count). The highest BCUT2D eigenvalue weighted by atomic mass is 16.1. The molecule has 4 heteroatoms. The van der Waals surface area contributed by atoms with Gasteiger partial charge in [0.2, 0.25) is 0 Å². The molecule has 1 aliphatic carbocycles. The summed E-state index contributed by atoms with van der Waals surface area (Å²) in [5.41, 5.74) is 0.977. The highest BCUT2D eigenvalue weighted by Gasteiger charge is 2.37. The summed E-state index contributed by atoms with van der Waals surface area (Å²) in [7, 11) is 0. The molecular formula is C13H15N3O. The Morgan fingerprint density at radius 2 is 2.35 bits per heavy atom. The maximum atomic E-state index is 12.3. The molecule has 1 fully saturated rings. The van der Waals surface area contributed by atoms with Crippen LogP contribution in [0.15, 0.2) is 29.7 Å². The van der Waals surface area contributed by atoms with Gasteiger partial charge in [0.1, 0.15) is 5.78 Å². The van der Waals surface area contributed by atoms with Gasteiger partial charge in [0, 0.05) is 24.8 Å². The van der Waals surface area contributed by atoms with Crippen LogP contribution in [0.4, 0.5) is 0 Å². The number of dihydropyridines is 1. The first-order chi connectivity index (χ1) is 8.34. The quantitative estimate of drug-likeness (QED) is 0.836. The van der Waals surface area contributed by atoms with Crippen LogP contribution in [0.3, 0.4) is 0 Å². The van der Waals surface area contributed by atoms with Crippen LogP contribution >= 0.6 is 0 Å². The van der Waals surface area contributed by atoms with Crippen LogP contribution in [0.1, 0.15) is 18.5 Å². The molecule has 0 saturated heterocycles. The molecular weight excluding hydrogens is 214 g/mol. The van der Waals surface area contributed by atoms with Crippen molar-refractivity contribution >= 4 is 12.0 Å². The van der Waals surface area contributed by atoms with Gasteiger partial charge < -0.3 is 4.98 Å². The van der Waals surface area contributed by atoms with Crippen molar-refractivity contribution in [2.75, 3.05) is 0 Å². The molecule has 0 aromatic carbocycles. The van der Waals surface area contributed by atoms with Gasteiger partial charge in [-0.3, -0.25) is 9.79 Å². The first-order valence-corrected chi connectivity index (χ1v) is 6.06. The van der Waals surface area contributed by atoms with Gasteiger partial charge in [-0.25, -0.2) is 4.98 Å². The molecule has 17 heavy (non-hydrogen) atoms. The van der Waals surface area contributed by atoms with Gasteiger partial charge in [-0.2, -0.15) is 0 Å². The minimum absolute atomic E-state index is 0.00214. The lowest BCUT2D eigenvalue weighted by Crippen LogP contribution is -2.38. The molecule has 3 unspecified atom stereocenters. The number of aromatic nitrogens is 2. The largest absolute Gasteiger partial charge is 0.351 e. The van der Waals surface area contributed by atoms with Crippen molar-refractivity contribution in [1.82, 2.24) is 9.97 Å². The maximum Gasteiger partial charge on any atom is 0.145 e. The van der Waals surface area contributed by atoms with E-state index in [4.69, 9.17) is 0 Å². The van der Waals surface area contributed by atoms with Crippen molar-refractivity contribution in [2.45, 2.75) is 25.3 Å². The number of H-pyrrole nitrogens is 1. The fraction of sp³-hybridized carbons (Fsp3) is 0.462. The zero-order valence-electron chi connectivity index (χ0n) is 9.54. The maximum absolute atomic E-state index is 12.3. The average molecular weight is 229 g/mol. The molecule has 0 bridgehead atoms. The van der Waals surface area contributed by atoms with Crippen LogP contribution < -0.4 is 0 Å². The van der Waals surface area contributed by atoms with E-state index in [1.807, 2.05) is 24.6 Å². The minimum Gasteiger partial charge on any atom is -0.351 e. The predicted molar refractivity (Wildman–Crippen MR) is 64.9 cm³/mol. The Labute approximate surface area is 99.9 Å². The zero-order chi connectivity index (χ0) is 11.7. The number of aromatic amines is 1. The van der Waals surface area contributed by atoms with Crippen molar-refractivity contribution in [2.24, 2.45) is 16.8 Å². The second-order valence-electron chi connectivity index (χ2n) is 4.72. The molecule has 1 aliphatic heterocycles. The molecule has 3 atom stereocenters. The average Bonchev–Trinajstić information content (AvgIpc) is 2.86. The molecule has 2 heterocycles. The Bertz CT molecular complexity index is 461. The van der Waals surface area contributed by atoms with E-state index in [1.165, 1.54) is 0 Å². The van der Waals surface area contributed by atoms with Crippen LogP contribution in [-0.2, 0) is 11.2 Å². The standard InChI is InChI=1S/C13H15N3O/c17-13-9(6-10-7-14-8-16-10)3-4-12-11(13)2-1-5-15-12/h1-2,5,7-9,11-12H,3-4,6H2,(H,14,16). The lowest BCUT2D eigenvalue weighted by atomic mass is 9.74. The van der Waals surface area contributed by atoms with E-state index in [1.54, 1.807) is 6.33 Å². The molecule has 1 aromatic rings. The summed E-state index contributed by atoms with van der Waals surface area (Å²) in [6.07, 6.45) is 11.9. The predicted octanol–water partition coefficient (Wildman–Crippen LogP) is 1.56. The third-order valence-electron chi connectivity index (χ3n) is 3.65. The molecule has 4 nitrogen and oxygen atoms in total. The summed E-state index contributed by atoms with van der Waals surface area (Å²) < 4.78 is 0. The summed E-state index contributed by atoms with van der Waals surface area (Å²) >= 11 is 0. The van der Waals surface area contributed by atoms with Gasteiger partial charge in [-0.1, -0.05) is 6.08 Å². The third kappa shape index (κ3) is 1.95. The Morgan fingerprint density at radius 1 is 1.41 bits per heavy atom. The Kier molecular flexibility index (Phi) is 2.63. The second-order valence-corrected chi connectivity index (χ2v) is 4.72. The van der Waals surface area contributed by atoms with Gasteiger partial charge in [0.05, 0.1) is 24.0 Å². The number of hydrogen-bond donors (Lipinski definition) is 1. The monoisotopic (exact) mass is 229 g/mol. The van der Waals surface area contributed by atoms with Gasteiger partial charge in [-0.15, -0.1) is 0 Å². The van der Waals surface area contributed by atoms with E-state index in [2.05, 4.69) is 15.0 Å². The first-order valence-electron chi connectivity index (χ1n) is 6.06. The minimum atomic E-state index is -0.00214. The summed E-state index contributed by atoms with van der Waals surface area (Å²) in [5, 5.41) is 0. The summed E-state index contributed by atoms with van der Waals surface area (Å²) in [6, 6.07) is 0.183. The van der Waals surface area contributed by atoms with Crippen molar-refractivity contribution in [3.63, 3.8) is 0 Å². The fourth-order valence-corrected chi connectivity index (χ4v) is 2.73. The molecule has 0 amide bonds. The van der Waals surface area contributed by atoms with E-state index in [0.717, 1.165) is 25.0 Å². The zero-order valence-corrected chi connectivity index (χ0v) is 9.54. The van der Waals surface area contributed by atoms with E-state index in [0.29, 0.717) is 5.78 Å². The molecule has 1 aromatic heterocycles. The number of nitrogens with one attached hydrogen (secondary N) is 1. The number of nitrogens with zero attached hydrogens (tertiary/aromatic N) is 2. The number of carbonyl (C=O) groups excluding carboxylic acids is 1. The number of carbonyl (C=O) groups is 1. The lowest BCUT2D eigenvalue weighted by molar-refractivity contribution is -0.128. The van der Waals surface area contributed by atoms with Gasteiger partial charge in [0.15, 0.2) is 0 Å². The fourth-order valence-electron chi connectivity index (χ4n) is 2.73. The molecule has 1 saturated carbocycles. The Balaban J connectivity index is 1.74. The Morgan fingerprint density at radius 3 is 3.18 bits per heavy atom. The Hall–Kier alpha value is -1.71. The molecule has 88 valence electrons. The van der Waals surface area contributed by atoms with E-state index in [-0.39, 0.29) is 17.9 Å². The van der Waals surface area contributed by atoms with Crippen LogP contribution in [0.5, 0.6) is 0 Å². The number of aliphatic imine (C=N–C) groups is 1. The summed E-state index contributed by atoms with van der Waals surface area (Å²) in [4.78, 5) is 23.8. The summed E-state index contributed by atoms with van der Waals surface area (Å²) in [6.45, 7) is 0. The van der Waals surface area contributed by atoms with Gasteiger partial charge in [0.25, 0.3) is 0 Å². The normalized spacial score (nSPS) is 31.5. The lowest BCUT2D eigenvalue weighted by Gasteiger charge is -2.32. The van der Waals surface area contributed by atoms with Gasteiger partial charge in [-0.05, 0) is 18.9 Å². The number of hydrogen-bond acceptors (Lipinski definition) is 3.